The van der Waals surface area contributed by atoms with Crippen molar-refractivity contribution in [1.82, 2.24) is 0 Å². The van der Waals surface area contributed by atoms with E-state index in [4.69, 9.17) is 5.73 Å². The number of nitro benzene ring substituents is 1. The maximum atomic E-state index is 13.0. The van der Waals surface area contributed by atoms with Crippen LogP contribution in [-0.2, 0) is 4.79 Å². The summed E-state index contributed by atoms with van der Waals surface area (Å²) in [5.41, 5.74) is 4.71. The molecule has 0 fully saturated rings. The Labute approximate surface area is 90.2 Å². The van der Waals surface area contributed by atoms with Crippen LogP contribution in [0.2, 0.25) is 0 Å². The molecule has 2 N–H and O–H groups in total. The average Bonchev–Trinajstić information content (AvgIpc) is 2.22. The lowest BCUT2D eigenvalue weighted by Crippen LogP contribution is -1.99. The molecule has 5 nitrogen and oxygen atoms in total. The Morgan fingerprint density at radius 1 is 1.56 bits per heavy atom. The van der Waals surface area contributed by atoms with Crippen molar-refractivity contribution in [3.63, 3.8) is 0 Å². The first-order valence-corrected chi connectivity index (χ1v) is 4.22. The van der Waals surface area contributed by atoms with Crippen LogP contribution in [0.5, 0.6) is 0 Å². The standard InChI is InChI=1S/C10H7FN2O3/c11-8-5-7(3-1-2-4-14)10(12)9(6-8)13(15)16/h4-6H,2,12H2. The van der Waals surface area contributed by atoms with Crippen LogP contribution in [0.1, 0.15) is 12.0 Å². The van der Waals surface area contributed by atoms with Gasteiger partial charge < -0.3 is 10.5 Å². The Kier molecular flexibility index (Phi) is 3.56. The van der Waals surface area contributed by atoms with E-state index in [1.54, 1.807) is 0 Å². The highest BCUT2D eigenvalue weighted by atomic mass is 19.1. The minimum atomic E-state index is -0.795. The second-order valence-electron chi connectivity index (χ2n) is 2.82. The summed E-state index contributed by atoms with van der Waals surface area (Å²) in [6, 6.07) is 1.71. The zero-order chi connectivity index (χ0) is 12.1. The summed E-state index contributed by atoms with van der Waals surface area (Å²) < 4.78 is 13.0. The number of rotatable bonds is 2. The molecule has 1 rings (SSSR count). The highest BCUT2D eigenvalue weighted by Crippen LogP contribution is 2.25. The van der Waals surface area contributed by atoms with Gasteiger partial charge >= 0.3 is 0 Å². The van der Waals surface area contributed by atoms with Crippen LogP contribution in [0.15, 0.2) is 12.1 Å². The molecule has 0 aromatic heterocycles. The quantitative estimate of drug-likeness (QED) is 0.268. The van der Waals surface area contributed by atoms with Crippen molar-refractivity contribution >= 4 is 17.7 Å². The second kappa shape index (κ2) is 4.89. The van der Waals surface area contributed by atoms with Gasteiger partial charge in [-0.1, -0.05) is 11.8 Å². The highest BCUT2D eigenvalue weighted by molar-refractivity contribution is 5.68. The van der Waals surface area contributed by atoms with Gasteiger partial charge in [-0.15, -0.1) is 0 Å². The second-order valence-corrected chi connectivity index (χ2v) is 2.82. The third kappa shape index (κ3) is 2.54. The topological polar surface area (TPSA) is 86.2 Å². The molecule has 0 saturated carbocycles. The monoisotopic (exact) mass is 222 g/mol. The van der Waals surface area contributed by atoms with E-state index in [9.17, 15) is 19.3 Å². The van der Waals surface area contributed by atoms with Gasteiger partial charge in [0.2, 0.25) is 0 Å². The van der Waals surface area contributed by atoms with Crippen molar-refractivity contribution in [2.45, 2.75) is 6.42 Å². The van der Waals surface area contributed by atoms with Crippen LogP contribution >= 0.6 is 0 Å². The zero-order valence-corrected chi connectivity index (χ0v) is 8.07. The largest absolute Gasteiger partial charge is 0.392 e. The summed E-state index contributed by atoms with van der Waals surface area (Å²) in [5.74, 6) is 4.00. The summed E-state index contributed by atoms with van der Waals surface area (Å²) >= 11 is 0. The van der Waals surface area contributed by atoms with Gasteiger partial charge in [-0.05, 0) is 6.07 Å². The maximum absolute atomic E-state index is 13.0. The third-order valence-corrected chi connectivity index (χ3v) is 1.73. The highest BCUT2D eigenvalue weighted by Gasteiger charge is 2.16. The van der Waals surface area contributed by atoms with E-state index < -0.39 is 16.4 Å². The predicted octanol–water partition coefficient (Wildman–Crippen LogP) is 1.26. The van der Waals surface area contributed by atoms with Crippen LogP contribution in [0.4, 0.5) is 15.8 Å². The molecule has 0 unspecified atom stereocenters. The minimum Gasteiger partial charge on any atom is -0.392 e. The number of halogens is 1. The lowest BCUT2D eigenvalue weighted by Gasteiger charge is -2.00. The number of nitrogens with zero attached hydrogens (tertiary/aromatic N) is 1. The van der Waals surface area contributed by atoms with Crippen molar-refractivity contribution in [2.75, 3.05) is 5.73 Å². The molecule has 0 atom stereocenters. The third-order valence-electron chi connectivity index (χ3n) is 1.73. The van der Waals surface area contributed by atoms with E-state index in [0.29, 0.717) is 6.29 Å². The SMILES string of the molecule is Nc1c(C#CCC=O)cc(F)cc1[N+](=O)[O-]. The smallest absolute Gasteiger partial charge is 0.296 e. The minimum absolute atomic E-state index is 0.00792. The number of anilines is 1. The number of carbonyl (C=O) groups excluding carboxylic acids is 1. The Bertz CT molecular complexity index is 503. The Hall–Kier alpha value is -2.42. The van der Waals surface area contributed by atoms with Crippen LogP contribution in [-0.4, -0.2) is 11.2 Å². The van der Waals surface area contributed by atoms with E-state index in [1.807, 2.05) is 0 Å². The molecular weight excluding hydrogens is 215 g/mol. The summed E-state index contributed by atoms with van der Waals surface area (Å²) in [7, 11) is 0. The molecule has 0 spiro atoms. The zero-order valence-electron chi connectivity index (χ0n) is 8.07. The van der Waals surface area contributed by atoms with Crippen molar-refractivity contribution in [2.24, 2.45) is 0 Å². The number of nitrogen functional groups attached to an aromatic ring is 1. The normalized spacial score (nSPS) is 9.06. The fraction of sp³-hybridized carbons (Fsp3) is 0.100. The van der Waals surface area contributed by atoms with E-state index in [2.05, 4.69) is 11.8 Å². The molecule has 0 amide bonds. The van der Waals surface area contributed by atoms with E-state index >= 15 is 0 Å². The van der Waals surface area contributed by atoms with Gasteiger partial charge in [-0.3, -0.25) is 10.1 Å². The van der Waals surface area contributed by atoms with Crippen LogP contribution in [0, 0.1) is 27.8 Å². The number of nitro groups is 1. The maximum Gasteiger partial charge on any atom is 0.296 e. The van der Waals surface area contributed by atoms with E-state index in [0.717, 1.165) is 12.1 Å². The van der Waals surface area contributed by atoms with Crippen LogP contribution in [0.3, 0.4) is 0 Å². The fourth-order valence-electron chi connectivity index (χ4n) is 1.05. The van der Waals surface area contributed by atoms with Gasteiger partial charge in [-0.25, -0.2) is 4.39 Å². The molecule has 6 heteroatoms. The number of hydrogen-bond acceptors (Lipinski definition) is 4. The van der Waals surface area contributed by atoms with Crippen molar-refractivity contribution in [3.8, 4) is 11.8 Å². The number of benzene rings is 1. The molecule has 82 valence electrons. The molecule has 16 heavy (non-hydrogen) atoms. The first-order valence-electron chi connectivity index (χ1n) is 4.22. The van der Waals surface area contributed by atoms with Gasteiger partial charge in [-0.2, -0.15) is 0 Å². The molecule has 1 aromatic carbocycles. The first-order chi connectivity index (χ1) is 7.56. The van der Waals surface area contributed by atoms with Gasteiger partial charge in [0, 0.05) is 0 Å². The Morgan fingerprint density at radius 2 is 2.25 bits per heavy atom. The molecule has 0 radical (unpaired) electrons. The first kappa shape index (κ1) is 11.7. The number of nitrogens with two attached hydrogens (primary N) is 1. The summed E-state index contributed by atoms with van der Waals surface area (Å²) in [5, 5.41) is 10.5. The van der Waals surface area contributed by atoms with Crippen molar-refractivity contribution in [3.05, 3.63) is 33.6 Å². The van der Waals surface area contributed by atoms with Crippen LogP contribution in [0.25, 0.3) is 0 Å². The van der Waals surface area contributed by atoms with Crippen LogP contribution < -0.4 is 5.73 Å². The molecule has 0 bridgehead atoms. The average molecular weight is 222 g/mol. The molecule has 0 aliphatic carbocycles. The fourth-order valence-corrected chi connectivity index (χ4v) is 1.05. The number of hydrogen-bond donors (Lipinski definition) is 1. The lowest BCUT2D eigenvalue weighted by atomic mass is 10.1. The Morgan fingerprint density at radius 3 is 2.81 bits per heavy atom. The molecule has 0 aliphatic rings. The van der Waals surface area contributed by atoms with Gasteiger partial charge in [0.15, 0.2) is 0 Å². The Balaban J connectivity index is 3.25. The van der Waals surface area contributed by atoms with E-state index in [1.165, 1.54) is 0 Å². The van der Waals surface area contributed by atoms with E-state index in [-0.39, 0.29) is 17.7 Å². The van der Waals surface area contributed by atoms with Crippen molar-refractivity contribution in [1.29, 1.82) is 0 Å². The summed E-state index contributed by atoms with van der Waals surface area (Å²) in [6.45, 7) is 0. The van der Waals surface area contributed by atoms with Gasteiger partial charge in [0.25, 0.3) is 5.69 Å². The molecule has 0 saturated heterocycles. The number of carbonyl (C=O) groups is 1. The summed E-state index contributed by atoms with van der Waals surface area (Å²) in [4.78, 5) is 19.7. The van der Waals surface area contributed by atoms with Gasteiger partial charge in [0.05, 0.1) is 23.0 Å². The molecule has 1 aromatic rings. The van der Waals surface area contributed by atoms with Gasteiger partial charge in [0.1, 0.15) is 17.8 Å². The molecule has 0 aliphatic heterocycles. The predicted molar refractivity (Wildman–Crippen MR) is 55.0 cm³/mol. The van der Waals surface area contributed by atoms with Crippen molar-refractivity contribution < 1.29 is 14.1 Å². The molecular formula is C10H7FN2O3. The summed E-state index contributed by atoms with van der Waals surface area (Å²) in [6.07, 6.45) is 0.528. The lowest BCUT2D eigenvalue weighted by molar-refractivity contribution is -0.384. The number of aldehydes is 1. The molecule has 0 heterocycles.